The monoisotopic (exact) mass is 406 g/mol. The summed E-state index contributed by atoms with van der Waals surface area (Å²) in [6.07, 6.45) is 3.34. The van der Waals surface area contributed by atoms with Crippen LogP contribution >= 0.6 is 28.3 Å². The highest BCUT2D eigenvalue weighted by Crippen LogP contribution is 2.36. The molecule has 7 heteroatoms. The number of nitrogens with one attached hydrogen (secondary N) is 1. The Morgan fingerprint density at radius 2 is 2.09 bits per heavy atom. The van der Waals surface area contributed by atoms with E-state index in [1.807, 2.05) is 4.90 Å². The molecule has 3 rings (SSSR count). The summed E-state index contributed by atoms with van der Waals surface area (Å²) in [6, 6.07) is 4.18. The van der Waals surface area contributed by atoms with Crippen LogP contribution in [0.25, 0.3) is 0 Å². The van der Waals surface area contributed by atoms with Crippen LogP contribution in [-0.2, 0) is 4.79 Å². The van der Waals surface area contributed by atoms with Crippen molar-refractivity contribution in [3.05, 3.63) is 28.5 Å². The van der Waals surface area contributed by atoms with Crippen LogP contribution in [0.5, 0.6) is 5.75 Å². The summed E-state index contributed by atoms with van der Waals surface area (Å²) >= 11 is 3.24. The second-order valence-corrected chi connectivity index (χ2v) is 7.03. The van der Waals surface area contributed by atoms with Gasteiger partial charge in [0.25, 0.3) is 5.91 Å². The van der Waals surface area contributed by atoms with E-state index >= 15 is 0 Å². The Bertz CT molecular complexity index is 557. The predicted octanol–water partition coefficient (Wildman–Crippen LogP) is 2.99. The number of carbonyl (C=O) groups is 1. The summed E-state index contributed by atoms with van der Waals surface area (Å²) < 4.78 is 19.0. The second kappa shape index (κ2) is 7.81. The molecule has 2 fully saturated rings. The van der Waals surface area contributed by atoms with Gasteiger partial charge in [-0.1, -0.05) is 0 Å². The van der Waals surface area contributed by atoms with Crippen molar-refractivity contribution >= 4 is 34.2 Å². The summed E-state index contributed by atoms with van der Waals surface area (Å²) in [6.45, 7) is 3.77. The number of benzene rings is 1. The summed E-state index contributed by atoms with van der Waals surface area (Å²) in [4.78, 5) is 14.1. The third kappa shape index (κ3) is 4.37. The van der Waals surface area contributed by atoms with Crippen LogP contribution in [0.15, 0.2) is 22.7 Å². The molecule has 4 nitrogen and oxygen atoms in total. The lowest BCUT2D eigenvalue weighted by Crippen LogP contribution is -2.45. The lowest BCUT2D eigenvalue weighted by Gasteiger charge is -2.38. The summed E-state index contributed by atoms with van der Waals surface area (Å²) in [5, 5.41) is 3.42. The molecule has 2 saturated heterocycles. The van der Waals surface area contributed by atoms with Crippen molar-refractivity contribution in [1.29, 1.82) is 0 Å². The van der Waals surface area contributed by atoms with Crippen molar-refractivity contribution in [2.75, 3.05) is 32.8 Å². The topological polar surface area (TPSA) is 41.6 Å². The van der Waals surface area contributed by atoms with Gasteiger partial charge in [-0.05, 0) is 65.4 Å². The molecule has 1 spiro atoms. The van der Waals surface area contributed by atoms with E-state index < -0.39 is 0 Å². The molecule has 1 amide bonds. The Labute approximate surface area is 150 Å². The Hall–Kier alpha value is -0.850. The minimum atomic E-state index is -0.336. The first kappa shape index (κ1) is 18.5. The van der Waals surface area contributed by atoms with Gasteiger partial charge in [-0.2, -0.15) is 0 Å². The molecule has 2 aliphatic heterocycles. The number of amides is 1. The molecular weight excluding hydrogens is 387 g/mol. The third-order valence-electron chi connectivity index (χ3n) is 4.75. The highest BCUT2D eigenvalue weighted by molar-refractivity contribution is 9.10. The standard InChI is InChI=1S/C16H20BrFN2O2.ClH/c17-13-9-12(18)1-2-14(13)22-10-15(21)20-7-4-16(5-8-20)3-6-19-11-16;/h1-2,9,19H,3-8,10-11H2;1H. The summed E-state index contributed by atoms with van der Waals surface area (Å²) in [7, 11) is 0. The average molecular weight is 408 g/mol. The van der Waals surface area contributed by atoms with Crippen LogP contribution in [0.3, 0.4) is 0 Å². The van der Waals surface area contributed by atoms with Crippen LogP contribution in [-0.4, -0.2) is 43.6 Å². The number of carbonyl (C=O) groups excluding carboxylic acids is 1. The van der Waals surface area contributed by atoms with Crippen molar-refractivity contribution in [2.24, 2.45) is 5.41 Å². The predicted molar refractivity (Wildman–Crippen MR) is 92.6 cm³/mol. The molecule has 0 bridgehead atoms. The van der Waals surface area contributed by atoms with Crippen molar-refractivity contribution in [2.45, 2.75) is 19.3 Å². The van der Waals surface area contributed by atoms with E-state index in [1.54, 1.807) is 0 Å². The van der Waals surface area contributed by atoms with E-state index in [4.69, 9.17) is 4.74 Å². The van der Waals surface area contributed by atoms with Crippen molar-refractivity contribution in [1.82, 2.24) is 10.2 Å². The fourth-order valence-corrected chi connectivity index (χ4v) is 3.74. The highest BCUT2D eigenvalue weighted by Gasteiger charge is 2.38. The normalized spacial score (nSPS) is 19.5. The fraction of sp³-hybridized carbons (Fsp3) is 0.562. The highest BCUT2D eigenvalue weighted by atomic mass is 79.9. The van der Waals surface area contributed by atoms with Gasteiger partial charge >= 0.3 is 0 Å². The van der Waals surface area contributed by atoms with Crippen molar-refractivity contribution < 1.29 is 13.9 Å². The number of nitrogens with zero attached hydrogens (tertiary/aromatic N) is 1. The van der Waals surface area contributed by atoms with Crippen molar-refractivity contribution in [3.63, 3.8) is 0 Å². The van der Waals surface area contributed by atoms with Crippen LogP contribution in [0.1, 0.15) is 19.3 Å². The second-order valence-electron chi connectivity index (χ2n) is 6.17. The largest absolute Gasteiger partial charge is 0.483 e. The Morgan fingerprint density at radius 1 is 1.35 bits per heavy atom. The maximum Gasteiger partial charge on any atom is 0.260 e. The zero-order valence-electron chi connectivity index (χ0n) is 12.8. The molecule has 128 valence electrons. The molecule has 1 N–H and O–H groups in total. The van der Waals surface area contributed by atoms with Crippen LogP contribution in [0.2, 0.25) is 0 Å². The first-order valence-electron chi connectivity index (χ1n) is 7.64. The van der Waals surface area contributed by atoms with E-state index in [0.717, 1.165) is 39.0 Å². The number of likely N-dealkylation sites (tertiary alicyclic amines) is 1. The number of hydrogen-bond donors (Lipinski definition) is 1. The molecule has 1 aromatic carbocycles. The van der Waals surface area contributed by atoms with E-state index in [0.29, 0.717) is 15.6 Å². The molecular formula is C16H21BrClFN2O2. The molecule has 0 saturated carbocycles. The third-order valence-corrected chi connectivity index (χ3v) is 5.37. The molecule has 2 aliphatic rings. The lowest BCUT2D eigenvalue weighted by molar-refractivity contribution is -0.135. The molecule has 0 atom stereocenters. The number of halogens is 3. The van der Waals surface area contributed by atoms with Gasteiger partial charge in [-0.3, -0.25) is 4.79 Å². The van der Waals surface area contributed by atoms with Gasteiger partial charge in [0, 0.05) is 19.6 Å². The maximum atomic E-state index is 13.0. The molecule has 0 aromatic heterocycles. The van der Waals surface area contributed by atoms with Gasteiger partial charge in [0.05, 0.1) is 4.47 Å². The Balaban J connectivity index is 0.00000192. The Morgan fingerprint density at radius 3 is 2.70 bits per heavy atom. The van der Waals surface area contributed by atoms with Gasteiger partial charge in [0.15, 0.2) is 6.61 Å². The Kier molecular flexibility index (Phi) is 6.28. The van der Waals surface area contributed by atoms with Gasteiger partial charge in [0.2, 0.25) is 0 Å². The van der Waals surface area contributed by atoms with Gasteiger partial charge in [0.1, 0.15) is 11.6 Å². The van der Waals surface area contributed by atoms with Crippen LogP contribution in [0, 0.1) is 11.2 Å². The van der Waals surface area contributed by atoms with Crippen molar-refractivity contribution in [3.8, 4) is 5.75 Å². The summed E-state index contributed by atoms with van der Waals surface area (Å²) in [5.74, 6) is 0.150. The molecule has 0 radical (unpaired) electrons. The van der Waals surface area contributed by atoms with E-state index in [9.17, 15) is 9.18 Å². The molecule has 0 aliphatic carbocycles. The quantitative estimate of drug-likeness (QED) is 0.837. The number of piperidine rings is 1. The van der Waals surface area contributed by atoms with Crippen LogP contribution < -0.4 is 10.1 Å². The van der Waals surface area contributed by atoms with E-state index in [2.05, 4.69) is 21.2 Å². The fourth-order valence-electron chi connectivity index (χ4n) is 3.28. The van der Waals surface area contributed by atoms with Gasteiger partial charge in [-0.15, -0.1) is 12.4 Å². The first-order chi connectivity index (χ1) is 10.6. The number of rotatable bonds is 3. The number of hydrogen-bond acceptors (Lipinski definition) is 3. The minimum absolute atomic E-state index is 0. The number of ether oxygens (including phenoxy) is 1. The van der Waals surface area contributed by atoms with Gasteiger partial charge < -0.3 is 15.0 Å². The zero-order valence-corrected chi connectivity index (χ0v) is 15.2. The van der Waals surface area contributed by atoms with E-state index in [-0.39, 0.29) is 30.7 Å². The molecule has 23 heavy (non-hydrogen) atoms. The lowest BCUT2D eigenvalue weighted by atomic mass is 9.78. The first-order valence-corrected chi connectivity index (χ1v) is 8.44. The molecule has 1 aromatic rings. The van der Waals surface area contributed by atoms with Gasteiger partial charge in [-0.25, -0.2) is 4.39 Å². The van der Waals surface area contributed by atoms with Crippen LogP contribution in [0.4, 0.5) is 4.39 Å². The SMILES string of the molecule is Cl.O=C(COc1ccc(F)cc1Br)N1CCC2(CCNC2)CC1. The maximum absolute atomic E-state index is 13.0. The minimum Gasteiger partial charge on any atom is -0.483 e. The average Bonchev–Trinajstić information content (AvgIpc) is 2.95. The van der Waals surface area contributed by atoms with E-state index in [1.165, 1.54) is 24.6 Å². The zero-order chi connectivity index (χ0) is 15.6. The molecule has 2 heterocycles. The summed E-state index contributed by atoms with van der Waals surface area (Å²) in [5.41, 5.74) is 0.400. The molecule has 0 unspecified atom stereocenters. The smallest absolute Gasteiger partial charge is 0.260 e.